The number of hydrogen-bond acceptors (Lipinski definition) is 3. The van der Waals surface area contributed by atoms with Crippen LogP contribution in [0.4, 0.5) is 22.0 Å². The van der Waals surface area contributed by atoms with Crippen LogP contribution in [0.3, 0.4) is 0 Å². The van der Waals surface area contributed by atoms with Crippen LogP contribution in [-0.4, -0.2) is 27.5 Å². The summed E-state index contributed by atoms with van der Waals surface area (Å²) in [5, 5.41) is 2.78. The van der Waals surface area contributed by atoms with Gasteiger partial charge >= 0.3 is 0 Å². The van der Waals surface area contributed by atoms with Crippen LogP contribution in [0.5, 0.6) is 0 Å². The van der Waals surface area contributed by atoms with Crippen molar-refractivity contribution >= 4 is 22.4 Å². The first-order valence-corrected chi connectivity index (χ1v) is 6.98. The number of nitrogens with one attached hydrogen (secondary N) is 2. The summed E-state index contributed by atoms with van der Waals surface area (Å²) in [6.07, 6.45) is 0.342. The first-order chi connectivity index (χ1) is 9.25. The molecule has 4 nitrogen and oxygen atoms in total. The molecule has 0 aromatic heterocycles. The highest BCUT2D eigenvalue weighted by Crippen LogP contribution is 2.26. The fourth-order valence-electron chi connectivity index (χ4n) is 1.85. The highest BCUT2D eigenvalue weighted by molar-refractivity contribution is 7.89. The zero-order valence-corrected chi connectivity index (χ0v) is 11.9. The van der Waals surface area contributed by atoms with E-state index in [1.54, 1.807) is 0 Å². The number of benzene rings is 1. The summed E-state index contributed by atoms with van der Waals surface area (Å²) in [7, 11) is -4.85. The predicted octanol–water partition coefficient (Wildman–Crippen LogP) is 1.44. The number of halogens is 6. The average molecular weight is 353 g/mol. The summed E-state index contributed by atoms with van der Waals surface area (Å²) in [5.41, 5.74) is 0. The molecule has 0 bridgehead atoms. The smallest absolute Gasteiger partial charge is 0.246 e. The van der Waals surface area contributed by atoms with Gasteiger partial charge in [-0.25, -0.2) is 35.1 Å². The van der Waals surface area contributed by atoms with Crippen molar-refractivity contribution in [3.8, 4) is 0 Å². The van der Waals surface area contributed by atoms with Gasteiger partial charge in [-0.2, -0.15) is 0 Å². The first-order valence-electron chi connectivity index (χ1n) is 5.50. The van der Waals surface area contributed by atoms with Gasteiger partial charge in [-0.05, 0) is 13.0 Å². The largest absolute Gasteiger partial charge is 0.315 e. The molecule has 0 radical (unpaired) electrons. The maximum absolute atomic E-state index is 13.4. The predicted molar refractivity (Wildman–Crippen MR) is 65.1 cm³/mol. The van der Waals surface area contributed by atoms with Crippen molar-refractivity contribution in [3.05, 3.63) is 29.1 Å². The van der Waals surface area contributed by atoms with Gasteiger partial charge in [0.2, 0.25) is 15.8 Å². The Balaban J connectivity index is 0.00000220. The van der Waals surface area contributed by atoms with Gasteiger partial charge in [0.15, 0.2) is 28.2 Å². The van der Waals surface area contributed by atoms with E-state index in [1.165, 1.54) is 0 Å². The summed E-state index contributed by atoms with van der Waals surface area (Å²) in [4.78, 5) is -1.86. The van der Waals surface area contributed by atoms with Crippen LogP contribution in [0.25, 0.3) is 0 Å². The third-order valence-corrected chi connectivity index (χ3v) is 4.36. The van der Waals surface area contributed by atoms with E-state index in [0.29, 0.717) is 13.0 Å². The standard InChI is InChI=1S/C10H9F5N2O2S.ClH/c11-5-6(12)8(14)10(9(15)7(5)13)20(18,19)17-4-1-2-16-3-4;/h4,16-17H,1-3H2;1H. The van der Waals surface area contributed by atoms with Gasteiger partial charge in [-0.1, -0.05) is 0 Å². The summed E-state index contributed by atoms with van der Waals surface area (Å²) < 4.78 is 91.1. The van der Waals surface area contributed by atoms with Gasteiger partial charge in [0.25, 0.3) is 0 Å². The molecule has 2 N–H and O–H groups in total. The molecule has 1 aliphatic heterocycles. The Hall–Kier alpha value is -0.970. The van der Waals surface area contributed by atoms with Crippen molar-refractivity contribution in [3.63, 3.8) is 0 Å². The molecule has 0 spiro atoms. The lowest BCUT2D eigenvalue weighted by molar-refractivity contribution is 0.357. The van der Waals surface area contributed by atoms with E-state index in [1.807, 2.05) is 4.72 Å². The average Bonchev–Trinajstić information content (AvgIpc) is 2.86. The Kier molecular flexibility index (Phi) is 5.53. The van der Waals surface area contributed by atoms with E-state index in [-0.39, 0.29) is 19.0 Å². The van der Waals surface area contributed by atoms with Crippen LogP contribution in [0.1, 0.15) is 6.42 Å². The van der Waals surface area contributed by atoms with E-state index in [2.05, 4.69) is 5.32 Å². The Bertz CT molecular complexity index is 620. The minimum atomic E-state index is -4.85. The number of rotatable bonds is 3. The van der Waals surface area contributed by atoms with E-state index < -0.39 is 50.0 Å². The van der Waals surface area contributed by atoms with Crippen LogP contribution in [0.2, 0.25) is 0 Å². The van der Waals surface area contributed by atoms with Gasteiger partial charge in [-0.3, -0.25) is 0 Å². The van der Waals surface area contributed by atoms with Gasteiger partial charge in [-0.15, -0.1) is 12.4 Å². The van der Waals surface area contributed by atoms with Crippen LogP contribution in [0, 0.1) is 29.1 Å². The van der Waals surface area contributed by atoms with Gasteiger partial charge in [0, 0.05) is 12.6 Å². The maximum Gasteiger partial charge on any atom is 0.246 e. The molecule has 1 heterocycles. The monoisotopic (exact) mass is 352 g/mol. The molecule has 1 fully saturated rings. The molecule has 1 unspecified atom stereocenters. The minimum Gasteiger partial charge on any atom is -0.315 e. The molecule has 2 rings (SSSR count). The van der Waals surface area contributed by atoms with Gasteiger partial charge in [0.05, 0.1) is 0 Å². The second-order valence-electron chi connectivity index (χ2n) is 4.21. The number of hydrogen-bond donors (Lipinski definition) is 2. The molecule has 0 aliphatic carbocycles. The van der Waals surface area contributed by atoms with Crippen LogP contribution in [0.15, 0.2) is 4.90 Å². The Morgan fingerprint density at radius 3 is 1.86 bits per heavy atom. The molecular weight excluding hydrogens is 343 g/mol. The van der Waals surface area contributed by atoms with Crippen molar-refractivity contribution in [1.82, 2.24) is 10.0 Å². The molecule has 1 saturated heterocycles. The van der Waals surface area contributed by atoms with Gasteiger partial charge < -0.3 is 5.32 Å². The Morgan fingerprint density at radius 2 is 1.43 bits per heavy atom. The molecule has 11 heteroatoms. The quantitative estimate of drug-likeness (QED) is 0.492. The summed E-state index contributed by atoms with van der Waals surface area (Å²) >= 11 is 0. The molecule has 0 amide bonds. The molecule has 1 atom stereocenters. The van der Waals surface area contributed by atoms with Crippen molar-refractivity contribution in [1.29, 1.82) is 0 Å². The minimum absolute atomic E-state index is 0. The summed E-state index contributed by atoms with van der Waals surface area (Å²) in [6, 6.07) is -0.671. The lowest BCUT2D eigenvalue weighted by Crippen LogP contribution is -2.37. The fraction of sp³-hybridized carbons (Fsp3) is 0.400. The second kappa shape index (κ2) is 6.42. The first kappa shape index (κ1) is 18.1. The molecule has 21 heavy (non-hydrogen) atoms. The number of sulfonamides is 1. The SMILES string of the molecule is Cl.O=S(=O)(NC1CCNC1)c1c(F)c(F)c(F)c(F)c1F. The Morgan fingerprint density at radius 1 is 0.952 bits per heavy atom. The second-order valence-corrected chi connectivity index (χ2v) is 5.86. The molecule has 1 aliphatic rings. The van der Waals surface area contributed by atoms with Crippen molar-refractivity contribution < 1.29 is 30.4 Å². The molecule has 1 aromatic carbocycles. The van der Waals surface area contributed by atoms with Gasteiger partial charge in [0.1, 0.15) is 0 Å². The highest BCUT2D eigenvalue weighted by Gasteiger charge is 2.35. The normalized spacial score (nSPS) is 18.6. The molecule has 120 valence electrons. The van der Waals surface area contributed by atoms with Crippen LogP contribution in [-0.2, 0) is 10.0 Å². The zero-order chi connectivity index (χ0) is 15.1. The Labute approximate surface area is 123 Å². The maximum atomic E-state index is 13.4. The topological polar surface area (TPSA) is 58.2 Å². The fourth-order valence-corrected chi connectivity index (χ4v) is 3.26. The van der Waals surface area contributed by atoms with Crippen LogP contribution < -0.4 is 10.0 Å². The molecular formula is C10H10ClF5N2O2S. The summed E-state index contributed by atoms with van der Waals surface area (Å²) in [6.45, 7) is 0.679. The van der Waals surface area contributed by atoms with Crippen molar-refractivity contribution in [2.24, 2.45) is 0 Å². The van der Waals surface area contributed by atoms with Crippen molar-refractivity contribution in [2.75, 3.05) is 13.1 Å². The molecule has 0 saturated carbocycles. The van der Waals surface area contributed by atoms with E-state index in [4.69, 9.17) is 0 Å². The summed E-state index contributed by atoms with van der Waals surface area (Å²) in [5.74, 6) is -11.7. The third-order valence-electron chi connectivity index (χ3n) is 2.82. The van der Waals surface area contributed by atoms with E-state index in [0.717, 1.165) is 0 Å². The highest BCUT2D eigenvalue weighted by atomic mass is 35.5. The van der Waals surface area contributed by atoms with Crippen molar-refractivity contribution in [2.45, 2.75) is 17.4 Å². The third kappa shape index (κ3) is 3.28. The van der Waals surface area contributed by atoms with Crippen LogP contribution >= 0.6 is 12.4 Å². The lowest BCUT2D eigenvalue weighted by atomic mass is 10.3. The zero-order valence-electron chi connectivity index (χ0n) is 10.2. The van der Waals surface area contributed by atoms with E-state index >= 15 is 0 Å². The molecule has 1 aromatic rings. The lowest BCUT2D eigenvalue weighted by Gasteiger charge is -2.14. The van der Waals surface area contributed by atoms with E-state index in [9.17, 15) is 30.4 Å².